The van der Waals surface area contributed by atoms with Crippen LogP contribution in [0, 0.1) is 52.3 Å². The van der Waals surface area contributed by atoms with E-state index in [0.29, 0.717) is 5.92 Å². The van der Waals surface area contributed by atoms with Crippen molar-refractivity contribution in [2.45, 2.75) is 44.9 Å². The molecule has 0 bridgehead atoms. The van der Waals surface area contributed by atoms with Crippen molar-refractivity contribution in [1.29, 1.82) is 10.5 Å². The van der Waals surface area contributed by atoms with Crippen LogP contribution in [0.5, 0.6) is 0 Å². The van der Waals surface area contributed by atoms with Crippen molar-refractivity contribution in [3.63, 3.8) is 0 Å². The Morgan fingerprint density at radius 3 is 2.17 bits per heavy atom. The van der Waals surface area contributed by atoms with Crippen LogP contribution in [0.3, 0.4) is 0 Å². The van der Waals surface area contributed by atoms with E-state index in [1.807, 2.05) is 0 Å². The van der Waals surface area contributed by atoms with Crippen LogP contribution < -0.4 is 0 Å². The van der Waals surface area contributed by atoms with Gasteiger partial charge in [0.2, 0.25) is 0 Å². The van der Waals surface area contributed by atoms with Crippen molar-refractivity contribution in [3.8, 4) is 35.8 Å². The average molecular weight is 236 g/mol. The highest BCUT2D eigenvalue weighted by molar-refractivity contribution is 5.39. The molecule has 0 aromatic carbocycles. The molecule has 0 aromatic heterocycles. The van der Waals surface area contributed by atoms with E-state index in [9.17, 15) is 0 Å². The van der Waals surface area contributed by atoms with Crippen molar-refractivity contribution in [2.24, 2.45) is 5.92 Å². The third-order valence-corrected chi connectivity index (χ3v) is 3.15. The smallest absolute Gasteiger partial charge is 0.153 e. The minimum absolute atomic E-state index is 0.355. The topological polar surface area (TPSA) is 47.6 Å². The molecule has 0 saturated heterocycles. The number of hydrogen-bond donors (Lipinski definition) is 0. The minimum Gasteiger partial charge on any atom is -0.193 e. The Balaban J connectivity index is 2.68. The number of nitrogens with zero attached hydrogens (tertiary/aromatic N) is 2. The highest BCUT2D eigenvalue weighted by Gasteiger charge is 2.15. The number of allylic oxidation sites excluding steroid dienone is 2. The largest absolute Gasteiger partial charge is 0.193 e. The first-order valence-corrected chi connectivity index (χ1v) is 6.38. The molecule has 0 aliphatic heterocycles. The van der Waals surface area contributed by atoms with Crippen LogP contribution in [0.1, 0.15) is 44.9 Å². The van der Waals surface area contributed by atoms with Crippen LogP contribution in [0.25, 0.3) is 0 Å². The fourth-order valence-electron chi connectivity index (χ4n) is 2.22. The summed E-state index contributed by atoms with van der Waals surface area (Å²) < 4.78 is 0. The zero-order valence-corrected chi connectivity index (χ0v) is 10.5. The fourth-order valence-corrected chi connectivity index (χ4v) is 2.22. The molecule has 0 spiro atoms. The maximum absolute atomic E-state index is 9.17. The lowest BCUT2D eigenvalue weighted by Gasteiger charge is -2.18. The highest BCUT2D eigenvalue weighted by atomic mass is 14.3. The van der Waals surface area contributed by atoms with E-state index in [0.717, 1.165) is 18.4 Å². The number of rotatable bonds is 1. The number of nitriles is 2. The first kappa shape index (κ1) is 13.9. The molecule has 0 heterocycles. The van der Waals surface area contributed by atoms with Crippen LogP contribution in [0.15, 0.2) is 11.6 Å². The van der Waals surface area contributed by atoms with Gasteiger partial charge in [0.1, 0.15) is 0 Å². The molecular formula is C16H16N2. The van der Waals surface area contributed by atoms with Crippen molar-refractivity contribution in [2.75, 3.05) is 0 Å². The summed E-state index contributed by atoms with van der Waals surface area (Å²) in [7, 11) is 0. The molecule has 1 aliphatic carbocycles. The van der Waals surface area contributed by atoms with Gasteiger partial charge in [-0.15, -0.1) is 0 Å². The Morgan fingerprint density at radius 2 is 1.56 bits per heavy atom. The van der Waals surface area contributed by atoms with Crippen molar-refractivity contribution in [3.05, 3.63) is 11.6 Å². The van der Waals surface area contributed by atoms with Gasteiger partial charge in [0.15, 0.2) is 6.07 Å². The predicted octanol–water partition coefficient (Wildman–Crippen LogP) is 3.33. The lowest BCUT2D eigenvalue weighted by molar-refractivity contribution is 0.426. The summed E-state index contributed by atoms with van der Waals surface area (Å²) >= 11 is 0. The van der Waals surface area contributed by atoms with Crippen LogP contribution in [-0.4, -0.2) is 0 Å². The average Bonchev–Trinajstić information content (AvgIpc) is 2.35. The quantitative estimate of drug-likeness (QED) is 0.518. The zero-order chi connectivity index (χ0) is 13.1. The summed E-state index contributed by atoms with van der Waals surface area (Å²) in [5.41, 5.74) is 0.767. The molecule has 0 amide bonds. The summed E-state index contributed by atoms with van der Waals surface area (Å²) in [6.45, 7) is 0. The fraction of sp³-hybridized carbons (Fsp3) is 0.500. The van der Waals surface area contributed by atoms with E-state index in [2.05, 4.69) is 29.8 Å². The summed E-state index contributed by atoms with van der Waals surface area (Å²) in [6, 6.07) is 3.96. The van der Waals surface area contributed by atoms with Gasteiger partial charge in [-0.05, 0) is 24.7 Å². The second kappa shape index (κ2) is 8.93. The first-order chi connectivity index (χ1) is 8.88. The van der Waals surface area contributed by atoms with Crippen molar-refractivity contribution in [1.82, 2.24) is 0 Å². The highest BCUT2D eigenvalue weighted by Crippen LogP contribution is 2.27. The molecule has 1 saturated carbocycles. The Bertz CT molecular complexity index is 484. The maximum atomic E-state index is 9.17. The van der Waals surface area contributed by atoms with Gasteiger partial charge in [-0.25, -0.2) is 0 Å². The van der Waals surface area contributed by atoms with Gasteiger partial charge in [-0.2, -0.15) is 10.5 Å². The molecule has 2 heteroatoms. The summed E-state index contributed by atoms with van der Waals surface area (Å²) in [5, 5.41) is 17.4. The Hall–Kier alpha value is -2.16. The van der Waals surface area contributed by atoms with E-state index in [4.69, 9.17) is 10.5 Å². The SMILES string of the molecule is N#CC#CC#C/C=C(/C#N)C1CCCCCCC1. The van der Waals surface area contributed by atoms with Gasteiger partial charge in [0, 0.05) is 23.5 Å². The molecule has 2 nitrogen and oxygen atoms in total. The zero-order valence-electron chi connectivity index (χ0n) is 10.5. The van der Waals surface area contributed by atoms with E-state index >= 15 is 0 Å². The molecule has 0 unspecified atom stereocenters. The lowest BCUT2D eigenvalue weighted by Crippen LogP contribution is -2.06. The second-order valence-corrected chi connectivity index (χ2v) is 4.38. The molecule has 1 aliphatic rings. The van der Waals surface area contributed by atoms with Gasteiger partial charge >= 0.3 is 0 Å². The molecule has 0 atom stereocenters. The Morgan fingerprint density at radius 1 is 0.889 bits per heavy atom. The minimum atomic E-state index is 0.355. The summed E-state index contributed by atoms with van der Waals surface area (Å²) in [5.74, 6) is 10.3. The van der Waals surface area contributed by atoms with E-state index in [-0.39, 0.29) is 0 Å². The van der Waals surface area contributed by atoms with Gasteiger partial charge < -0.3 is 0 Å². The lowest BCUT2D eigenvalue weighted by atomic mass is 9.86. The molecule has 1 rings (SSSR count). The van der Waals surface area contributed by atoms with Crippen LogP contribution in [0.4, 0.5) is 0 Å². The summed E-state index contributed by atoms with van der Waals surface area (Å²) in [4.78, 5) is 0. The second-order valence-electron chi connectivity index (χ2n) is 4.38. The molecule has 0 aromatic rings. The van der Waals surface area contributed by atoms with Crippen molar-refractivity contribution >= 4 is 0 Å². The van der Waals surface area contributed by atoms with Crippen molar-refractivity contribution < 1.29 is 0 Å². The molecule has 18 heavy (non-hydrogen) atoms. The third-order valence-electron chi connectivity index (χ3n) is 3.15. The van der Waals surface area contributed by atoms with Gasteiger partial charge in [-0.1, -0.05) is 38.0 Å². The standard InChI is InChI=1S/C16H16N2/c17-13-9-5-4-8-12-16(14-18)15-10-6-2-1-3-7-11-15/h12,15H,1-3,6-7,10-11H2/b16-12-. The third kappa shape index (κ3) is 5.25. The van der Waals surface area contributed by atoms with E-state index in [1.54, 1.807) is 12.1 Å². The van der Waals surface area contributed by atoms with Crippen LogP contribution in [0.2, 0.25) is 0 Å². The maximum Gasteiger partial charge on any atom is 0.153 e. The molecule has 90 valence electrons. The van der Waals surface area contributed by atoms with E-state index in [1.165, 1.54) is 32.1 Å². The molecule has 0 radical (unpaired) electrons. The van der Waals surface area contributed by atoms with Gasteiger partial charge in [0.25, 0.3) is 0 Å². The normalized spacial score (nSPS) is 16.7. The van der Waals surface area contributed by atoms with E-state index < -0.39 is 0 Å². The first-order valence-electron chi connectivity index (χ1n) is 6.38. The van der Waals surface area contributed by atoms with Crippen LogP contribution >= 0.6 is 0 Å². The van der Waals surface area contributed by atoms with Gasteiger partial charge in [-0.3, -0.25) is 0 Å². The summed E-state index contributed by atoms with van der Waals surface area (Å²) in [6.07, 6.45) is 10.1. The van der Waals surface area contributed by atoms with Gasteiger partial charge in [0.05, 0.1) is 6.07 Å². The monoisotopic (exact) mass is 236 g/mol. The molecule has 0 N–H and O–H groups in total. The Labute approximate surface area is 109 Å². The van der Waals surface area contributed by atoms with Crippen LogP contribution in [-0.2, 0) is 0 Å². The molecular weight excluding hydrogens is 220 g/mol. The number of hydrogen-bond acceptors (Lipinski definition) is 2. The predicted molar refractivity (Wildman–Crippen MR) is 70.7 cm³/mol. The molecule has 1 fully saturated rings. The Kier molecular flexibility index (Phi) is 6.90.